The molecule has 2 heterocycles. The van der Waals surface area contributed by atoms with Crippen molar-refractivity contribution in [1.29, 1.82) is 0 Å². The van der Waals surface area contributed by atoms with Gasteiger partial charge in [0.2, 0.25) is 5.91 Å². The third-order valence-electron chi connectivity index (χ3n) is 5.68. The van der Waals surface area contributed by atoms with Crippen LogP contribution in [0.1, 0.15) is 29.3 Å². The Morgan fingerprint density at radius 3 is 2.50 bits per heavy atom. The summed E-state index contributed by atoms with van der Waals surface area (Å²) in [5.74, 6) is -0.206. The van der Waals surface area contributed by atoms with Crippen LogP contribution in [0.5, 0.6) is 0 Å². The number of hydrogen-bond donors (Lipinski definition) is 0. The molecule has 0 bridgehead atoms. The van der Waals surface area contributed by atoms with Crippen molar-refractivity contribution in [3.8, 4) is 0 Å². The number of hydrogen-bond acceptors (Lipinski definition) is 4. The monoisotopic (exact) mass is 426 g/mol. The summed E-state index contributed by atoms with van der Waals surface area (Å²) < 4.78 is 1.28. The first kappa shape index (κ1) is 21.4. The Morgan fingerprint density at radius 1 is 1.03 bits per heavy atom. The lowest BCUT2D eigenvalue weighted by Crippen LogP contribution is -2.35. The maximum atomic E-state index is 13.1. The number of aromatic nitrogens is 3. The minimum Gasteiger partial charge on any atom is -0.314 e. The van der Waals surface area contributed by atoms with Crippen molar-refractivity contribution in [2.45, 2.75) is 33.2 Å². The van der Waals surface area contributed by atoms with Gasteiger partial charge in [-0.05, 0) is 54.8 Å². The highest BCUT2D eigenvalue weighted by Crippen LogP contribution is 2.19. The van der Waals surface area contributed by atoms with Gasteiger partial charge in [0.05, 0.1) is 11.1 Å². The number of pyridine rings is 1. The Balaban J connectivity index is 1.70. The first-order chi connectivity index (χ1) is 15.5. The van der Waals surface area contributed by atoms with Gasteiger partial charge in [-0.3, -0.25) is 14.6 Å². The van der Waals surface area contributed by atoms with Crippen molar-refractivity contribution < 1.29 is 4.79 Å². The standard InChI is InChI=1S/C26H26N4O2/c1-4-19-8-10-21(11-9-19)29(3)25(31)17-30-26(32)22-12-7-18(2)14-23(22)24(28-30)15-20-6-5-13-27-16-20/h5-14,16H,4,15,17H2,1-3H3. The highest BCUT2D eigenvalue weighted by molar-refractivity contribution is 5.93. The molecule has 0 aliphatic heterocycles. The molecule has 0 saturated carbocycles. The summed E-state index contributed by atoms with van der Waals surface area (Å²) in [6, 6.07) is 17.4. The van der Waals surface area contributed by atoms with Crippen LogP contribution in [0, 0.1) is 6.92 Å². The molecular weight excluding hydrogens is 400 g/mol. The fraction of sp³-hybridized carbons (Fsp3) is 0.231. The SMILES string of the molecule is CCc1ccc(N(C)C(=O)Cn2nc(Cc3cccnc3)c3cc(C)ccc3c2=O)cc1. The van der Waals surface area contributed by atoms with Gasteiger partial charge in [-0.2, -0.15) is 5.10 Å². The van der Waals surface area contributed by atoms with Crippen LogP contribution in [0.4, 0.5) is 5.69 Å². The number of carbonyl (C=O) groups is 1. The molecular formula is C26H26N4O2. The van der Waals surface area contributed by atoms with Crippen LogP contribution in [0.3, 0.4) is 0 Å². The average Bonchev–Trinajstić information content (AvgIpc) is 2.82. The van der Waals surface area contributed by atoms with Crippen molar-refractivity contribution in [1.82, 2.24) is 14.8 Å². The number of anilines is 1. The highest BCUT2D eigenvalue weighted by Gasteiger charge is 2.17. The number of likely N-dealkylation sites (N-methyl/N-ethyl adjacent to an activating group) is 1. The van der Waals surface area contributed by atoms with E-state index in [1.807, 2.05) is 61.5 Å². The number of benzene rings is 2. The van der Waals surface area contributed by atoms with Crippen LogP contribution >= 0.6 is 0 Å². The second-order valence-corrected chi connectivity index (χ2v) is 7.97. The molecule has 32 heavy (non-hydrogen) atoms. The molecule has 0 radical (unpaired) electrons. The van der Waals surface area contributed by atoms with Crippen LogP contribution in [0.25, 0.3) is 10.8 Å². The van der Waals surface area contributed by atoms with E-state index in [1.54, 1.807) is 24.3 Å². The van der Waals surface area contributed by atoms with Gasteiger partial charge < -0.3 is 4.90 Å². The van der Waals surface area contributed by atoms with E-state index in [2.05, 4.69) is 17.0 Å². The Labute approximate surface area is 187 Å². The Morgan fingerprint density at radius 2 is 1.81 bits per heavy atom. The molecule has 4 aromatic rings. The zero-order valence-corrected chi connectivity index (χ0v) is 18.6. The summed E-state index contributed by atoms with van der Waals surface area (Å²) in [5, 5.41) is 5.98. The van der Waals surface area contributed by atoms with E-state index in [4.69, 9.17) is 0 Å². The van der Waals surface area contributed by atoms with E-state index in [1.165, 1.54) is 10.2 Å². The van der Waals surface area contributed by atoms with Crippen LogP contribution < -0.4 is 10.5 Å². The van der Waals surface area contributed by atoms with E-state index in [9.17, 15) is 9.59 Å². The molecule has 0 unspecified atom stereocenters. The van der Waals surface area contributed by atoms with E-state index < -0.39 is 0 Å². The van der Waals surface area contributed by atoms with E-state index in [0.29, 0.717) is 11.8 Å². The Hall–Kier alpha value is -3.80. The second kappa shape index (κ2) is 9.14. The topological polar surface area (TPSA) is 68.1 Å². The van der Waals surface area contributed by atoms with Crippen molar-refractivity contribution in [3.05, 3.63) is 99.7 Å². The number of amides is 1. The lowest BCUT2D eigenvalue weighted by Gasteiger charge is -2.19. The normalized spacial score (nSPS) is 11.0. The Bertz CT molecular complexity index is 1310. The van der Waals surface area contributed by atoms with Crippen LogP contribution in [-0.2, 0) is 24.2 Å². The minimum atomic E-state index is -0.266. The van der Waals surface area contributed by atoms with Crippen LogP contribution in [0.2, 0.25) is 0 Å². The fourth-order valence-corrected chi connectivity index (χ4v) is 3.73. The molecule has 0 aliphatic carbocycles. The predicted molar refractivity (Wildman–Crippen MR) is 127 cm³/mol. The van der Waals surface area contributed by atoms with Gasteiger partial charge >= 0.3 is 0 Å². The van der Waals surface area contributed by atoms with Gasteiger partial charge in [-0.1, -0.05) is 36.8 Å². The molecule has 6 nitrogen and oxygen atoms in total. The number of fused-ring (bicyclic) bond motifs is 1. The largest absolute Gasteiger partial charge is 0.314 e. The molecule has 0 fully saturated rings. The molecule has 4 rings (SSSR count). The lowest BCUT2D eigenvalue weighted by atomic mass is 10.0. The molecule has 0 aliphatic rings. The average molecular weight is 427 g/mol. The highest BCUT2D eigenvalue weighted by atomic mass is 16.2. The maximum absolute atomic E-state index is 13.1. The molecule has 162 valence electrons. The summed E-state index contributed by atoms with van der Waals surface area (Å²) in [5.41, 5.74) is 4.52. The van der Waals surface area contributed by atoms with Gasteiger partial charge in [0.25, 0.3) is 5.56 Å². The summed E-state index contributed by atoms with van der Waals surface area (Å²) in [6.07, 6.45) is 4.98. The van der Waals surface area contributed by atoms with Crippen LogP contribution in [0.15, 0.2) is 71.8 Å². The minimum absolute atomic E-state index is 0.130. The molecule has 0 spiro atoms. The zero-order valence-electron chi connectivity index (χ0n) is 18.6. The van der Waals surface area contributed by atoms with E-state index in [0.717, 1.165) is 34.3 Å². The van der Waals surface area contributed by atoms with Crippen LogP contribution in [-0.4, -0.2) is 27.7 Å². The van der Waals surface area contributed by atoms with Gasteiger partial charge in [-0.25, -0.2) is 4.68 Å². The first-order valence-corrected chi connectivity index (χ1v) is 10.7. The predicted octanol–water partition coefficient (Wildman–Crippen LogP) is 3.92. The lowest BCUT2D eigenvalue weighted by molar-refractivity contribution is -0.119. The fourth-order valence-electron chi connectivity index (χ4n) is 3.73. The number of aryl methyl sites for hydroxylation is 2. The zero-order chi connectivity index (χ0) is 22.7. The number of carbonyl (C=O) groups excluding carboxylic acids is 1. The molecule has 0 saturated heterocycles. The van der Waals surface area contributed by atoms with Gasteiger partial charge in [0, 0.05) is 36.9 Å². The summed E-state index contributed by atoms with van der Waals surface area (Å²) in [6.45, 7) is 3.95. The smallest absolute Gasteiger partial charge is 0.275 e. The van der Waals surface area contributed by atoms with Crippen molar-refractivity contribution >= 4 is 22.4 Å². The third-order valence-corrected chi connectivity index (χ3v) is 5.68. The molecule has 1 amide bonds. The summed E-state index contributed by atoms with van der Waals surface area (Å²) in [4.78, 5) is 31.9. The van der Waals surface area contributed by atoms with Gasteiger partial charge in [0.15, 0.2) is 0 Å². The molecule has 2 aromatic carbocycles. The molecule has 0 atom stereocenters. The van der Waals surface area contributed by atoms with Crippen molar-refractivity contribution in [2.75, 3.05) is 11.9 Å². The summed E-state index contributed by atoms with van der Waals surface area (Å²) in [7, 11) is 1.72. The molecule has 2 aromatic heterocycles. The number of rotatable bonds is 6. The quantitative estimate of drug-likeness (QED) is 0.469. The second-order valence-electron chi connectivity index (χ2n) is 7.97. The van der Waals surface area contributed by atoms with E-state index in [-0.39, 0.29) is 18.0 Å². The Kier molecular flexibility index (Phi) is 6.12. The third kappa shape index (κ3) is 4.44. The first-order valence-electron chi connectivity index (χ1n) is 10.7. The van der Waals surface area contributed by atoms with Crippen molar-refractivity contribution in [3.63, 3.8) is 0 Å². The molecule has 6 heteroatoms. The molecule has 0 N–H and O–H groups in total. The summed E-state index contributed by atoms with van der Waals surface area (Å²) >= 11 is 0. The van der Waals surface area contributed by atoms with E-state index >= 15 is 0 Å². The van der Waals surface area contributed by atoms with Gasteiger partial charge in [0.1, 0.15) is 6.54 Å². The number of nitrogens with zero attached hydrogens (tertiary/aromatic N) is 4. The van der Waals surface area contributed by atoms with Crippen molar-refractivity contribution in [2.24, 2.45) is 0 Å². The van der Waals surface area contributed by atoms with Gasteiger partial charge in [-0.15, -0.1) is 0 Å². The maximum Gasteiger partial charge on any atom is 0.275 e.